The first-order chi connectivity index (χ1) is 12.8. The highest BCUT2D eigenvalue weighted by Gasteiger charge is 2.24. The lowest BCUT2D eigenvalue weighted by atomic mass is 10.0. The zero-order valence-corrected chi connectivity index (χ0v) is 16.4. The van der Waals surface area contributed by atoms with Gasteiger partial charge in [0.25, 0.3) is 0 Å². The molecule has 3 rings (SSSR count). The molecule has 0 saturated carbocycles. The number of nitrogens with one attached hydrogen (secondary N) is 1. The number of unbranched alkanes of at least 4 members (excludes halogenated alkanes) is 1. The third kappa shape index (κ3) is 5.21. The molecule has 2 fully saturated rings. The fraction of sp³-hybridized carbons (Fsp3) is 0.667. The maximum atomic E-state index is 6.04. The van der Waals surface area contributed by atoms with Gasteiger partial charge >= 0.3 is 0 Å². The monoisotopic (exact) mass is 358 g/mol. The van der Waals surface area contributed by atoms with E-state index in [1.54, 1.807) is 0 Å². The van der Waals surface area contributed by atoms with E-state index < -0.39 is 0 Å². The fourth-order valence-electron chi connectivity index (χ4n) is 3.98. The summed E-state index contributed by atoms with van der Waals surface area (Å²) in [7, 11) is 1.88. The summed E-state index contributed by atoms with van der Waals surface area (Å²) in [6.45, 7) is 9.49. The molecule has 0 aliphatic carbocycles. The summed E-state index contributed by atoms with van der Waals surface area (Å²) in [6, 6.07) is 8.52. The Kier molecular flexibility index (Phi) is 7.32. The molecule has 2 saturated heterocycles. The molecule has 1 aromatic rings. The molecule has 5 nitrogen and oxygen atoms in total. The quantitative estimate of drug-likeness (QED) is 0.482. The van der Waals surface area contributed by atoms with Gasteiger partial charge in [-0.2, -0.15) is 0 Å². The second-order valence-corrected chi connectivity index (χ2v) is 7.39. The van der Waals surface area contributed by atoms with Crippen molar-refractivity contribution in [2.75, 3.05) is 52.9 Å². The predicted molar refractivity (Wildman–Crippen MR) is 108 cm³/mol. The Balaban J connectivity index is 1.44. The third-order valence-corrected chi connectivity index (χ3v) is 5.50. The number of aryl methyl sites for hydroxylation is 1. The van der Waals surface area contributed by atoms with E-state index in [2.05, 4.69) is 51.3 Å². The van der Waals surface area contributed by atoms with Gasteiger partial charge in [-0.1, -0.05) is 24.3 Å². The van der Waals surface area contributed by atoms with Crippen molar-refractivity contribution < 1.29 is 4.74 Å². The van der Waals surface area contributed by atoms with Crippen molar-refractivity contribution in [1.29, 1.82) is 0 Å². The van der Waals surface area contributed by atoms with Gasteiger partial charge in [0.05, 0.1) is 13.2 Å². The van der Waals surface area contributed by atoms with Crippen LogP contribution in [0.4, 0.5) is 0 Å². The van der Waals surface area contributed by atoms with E-state index in [1.807, 2.05) is 7.05 Å². The number of hydrogen-bond donors (Lipinski definition) is 1. The van der Waals surface area contributed by atoms with Gasteiger partial charge in [-0.15, -0.1) is 0 Å². The molecule has 0 bridgehead atoms. The summed E-state index contributed by atoms with van der Waals surface area (Å²) in [5.74, 6) is 1.01. The van der Waals surface area contributed by atoms with E-state index >= 15 is 0 Å². The van der Waals surface area contributed by atoms with Gasteiger partial charge in [0.15, 0.2) is 5.96 Å². The molecule has 2 aliphatic rings. The minimum atomic E-state index is 0.124. The number of morpholine rings is 1. The number of ether oxygens (including phenoxy) is 1. The van der Waals surface area contributed by atoms with Crippen LogP contribution < -0.4 is 5.32 Å². The van der Waals surface area contributed by atoms with Crippen molar-refractivity contribution in [3.63, 3.8) is 0 Å². The van der Waals surface area contributed by atoms with Gasteiger partial charge in [0, 0.05) is 20.1 Å². The van der Waals surface area contributed by atoms with Crippen LogP contribution in [0.3, 0.4) is 0 Å². The van der Waals surface area contributed by atoms with E-state index in [9.17, 15) is 0 Å². The zero-order chi connectivity index (χ0) is 18.2. The number of likely N-dealkylation sites (tertiary alicyclic amines) is 1. The highest BCUT2D eigenvalue weighted by atomic mass is 16.5. The number of aliphatic imine (C=N–C) groups is 1. The van der Waals surface area contributed by atoms with Crippen LogP contribution in [0.15, 0.2) is 29.3 Å². The molecule has 2 heterocycles. The summed E-state index contributed by atoms with van der Waals surface area (Å²) in [4.78, 5) is 9.42. The molecule has 26 heavy (non-hydrogen) atoms. The van der Waals surface area contributed by atoms with Crippen LogP contribution in [-0.2, 0) is 4.74 Å². The largest absolute Gasteiger partial charge is 0.370 e. The number of benzene rings is 1. The molecule has 0 amide bonds. The number of guanidine groups is 1. The lowest BCUT2D eigenvalue weighted by molar-refractivity contribution is -0.00830. The van der Waals surface area contributed by atoms with E-state index in [4.69, 9.17) is 4.74 Å². The van der Waals surface area contributed by atoms with Gasteiger partial charge in [-0.3, -0.25) is 4.99 Å². The number of nitrogens with zero attached hydrogens (tertiary/aromatic N) is 3. The summed E-state index contributed by atoms with van der Waals surface area (Å²) in [6.07, 6.45) is 5.34. The first-order valence-corrected chi connectivity index (χ1v) is 10.1. The van der Waals surface area contributed by atoms with Gasteiger partial charge in [0.2, 0.25) is 0 Å². The van der Waals surface area contributed by atoms with Gasteiger partial charge < -0.3 is 19.9 Å². The normalized spacial score (nSPS) is 22.0. The Morgan fingerprint density at radius 2 is 2.00 bits per heavy atom. The molecule has 1 atom stereocenters. The van der Waals surface area contributed by atoms with Gasteiger partial charge in [0.1, 0.15) is 6.10 Å². The van der Waals surface area contributed by atoms with Crippen molar-refractivity contribution in [2.24, 2.45) is 4.99 Å². The number of hydrogen-bond acceptors (Lipinski definition) is 3. The van der Waals surface area contributed by atoms with Gasteiger partial charge in [-0.25, -0.2) is 0 Å². The maximum absolute atomic E-state index is 6.04. The molecular weight excluding hydrogens is 324 g/mol. The molecule has 0 radical (unpaired) electrons. The molecule has 1 aromatic carbocycles. The topological polar surface area (TPSA) is 40.1 Å². The summed E-state index contributed by atoms with van der Waals surface area (Å²) in [5, 5.41) is 3.55. The van der Waals surface area contributed by atoms with Crippen LogP contribution in [-0.4, -0.2) is 68.7 Å². The molecule has 1 N–H and O–H groups in total. The Morgan fingerprint density at radius 1 is 1.19 bits per heavy atom. The molecule has 1 unspecified atom stereocenters. The van der Waals surface area contributed by atoms with Crippen LogP contribution in [0, 0.1) is 6.92 Å². The summed E-state index contributed by atoms with van der Waals surface area (Å²) in [5.41, 5.74) is 2.59. The highest BCUT2D eigenvalue weighted by Crippen LogP contribution is 2.24. The Hall–Kier alpha value is -1.59. The second kappa shape index (κ2) is 9.93. The number of rotatable bonds is 6. The standard InChI is InChI=1S/C21H34N4O/c1-18-9-3-4-10-19(18)20-17-25(15-16-26-20)21(22-2)23-11-5-6-12-24-13-7-8-14-24/h3-4,9-10,20H,5-8,11-17H2,1-2H3,(H,22,23). The fourth-order valence-corrected chi connectivity index (χ4v) is 3.98. The van der Waals surface area contributed by atoms with E-state index in [1.165, 1.54) is 56.4 Å². The van der Waals surface area contributed by atoms with E-state index in [0.717, 1.165) is 32.2 Å². The predicted octanol–water partition coefficient (Wildman–Crippen LogP) is 2.82. The smallest absolute Gasteiger partial charge is 0.193 e. The third-order valence-electron chi connectivity index (χ3n) is 5.50. The zero-order valence-electron chi connectivity index (χ0n) is 16.4. The van der Waals surface area contributed by atoms with Crippen molar-refractivity contribution in [3.05, 3.63) is 35.4 Å². The van der Waals surface area contributed by atoms with Crippen molar-refractivity contribution in [2.45, 2.75) is 38.7 Å². The van der Waals surface area contributed by atoms with Gasteiger partial charge in [-0.05, 0) is 63.4 Å². The Labute approximate surface area is 158 Å². The Bertz CT molecular complexity index is 583. The minimum absolute atomic E-state index is 0.124. The van der Waals surface area contributed by atoms with E-state index in [-0.39, 0.29) is 6.10 Å². The second-order valence-electron chi connectivity index (χ2n) is 7.39. The first kappa shape index (κ1) is 19.2. The highest BCUT2D eigenvalue weighted by molar-refractivity contribution is 5.80. The molecular formula is C21H34N4O. The van der Waals surface area contributed by atoms with Crippen LogP contribution in [0.2, 0.25) is 0 Å². The lowest BCUT2D eigenvalue weighted by Gasteiger charge is -2.35. The average Bonchev–Trinajstić information content (AvgIpc) is 3.19. The summed E-state index contributed by atoms with van der Waals surface area (Å²) >= 11 is 0. The molecule has 0 spiro atoms. The molecule has 2 aliphatic heterocycles. The average molecular weight is 359 g/mol. The van der Waals surface area contributed by atoms with Crippen molar-refractivity contribution >= 4 is 5.96 Å². The SMILES string of the molecule is CN=C(NCCCCN1CCCC1)N1CCOC(c2ccccc2C)C1. The maximum Gasteiger partial charge on any atom is 0.193 e. The Morgan fingerprint density at radius 3 is 2.77 bits per heavy atom. The molecule has 0 aromatic heterocycles. The van der Waals surface area contributed by atoms with Crippen LogP contribution in [0.25, 0.3) is 0 Å². The lowest BCUT2D eigenvalue weighted by Crippen LogP contribution is -2.48. The van der Waals surface area contributed by atoms with Crippen LogP contribution >= 0.6 is 0 Å². The van der Waals surface area contributed by atoms with Crippen molar-refractivity contribution in [1.82, 2.24) is 15.1 Å². The van der Waals surface area contributed by atoms with Crippen molar-refractivity contribution in [3.8, 4) is 0 Å². The van der Waals surface area contributed by atoms with Crippen LogP contribution in [0.1, 0.15) is 42.9 Å². The molecule has 5 heteroatoms. The van der Waals surface area contributed by atoms with E-state index in [0.29, 0.717) is 0 Å². The first-order valence-electron chi connectivity index (χ1n) is 10.1. The van der Waals surface area contributed by atoms with Crippen LogP contribution in [0.5, 0.6) is 0 Å². The minimum Gasteiger partial charge on any atom is -0.370 e. The molecule has 144 valence electrons. The summed E-state index contributed by atoms with van der Waals surface area (Å²) < 4.78 is 6.04.